The van der Waals surface area contributed by atoms with Crippen LogP contribution in [0.1, 0.15) is 16.7 Å². The van der Waals surface area contributed by atoms with Crippen molar-refractivity contribution in [2.45, 2.75) is 6.92 Å². The summed E-state index contributed by atoms with van der Waals surface area (Å²) in [6.45, 7) is 2.14. The van der Waals surface area contributed by atoms with Gasteiger partial charge in [-0.3, -0.25) is 0 Å². The third-order valence-electron chi connectivity index (χ3n) is 3.13. The summed E-state index contributed by atoms with van der Waals surface area (Å²) in [7, 11) is 0. The molecule has 0 radical (unpaired) electrons. The lowest BCUT2D eigenvalue weighted by Crippen LogP contribution is -1.81. The molecule has 0 spiro atoms. The number of benzene rings is 1. The Morgan fingerprint density at radius 2 is 1.67 bits per heavy atom. The van der Waals surface area contributed by atoms with Crippen LogP contribution >= 0.6 is 0 Å². The van der Waals surface area contributed by atoms with Gasteiger partial charge in [-0.05, 0) is 35.7 Å². The molecular formula is C17H15N. The second kappa shape index (κ2) is 4.53. The number of fused-ring (bicyclic) bond motifs is 1. The normalized spacial score (nSPS) is 11.4. The van der Waals surface area contributed by atoms with Crippen LogP contribution in [0.15, 0.2) is 60.9 Å². The zero-order valence-corrected chi connectivity index (χ0v) is 10.4. The Balaban J connectivity index is 1.96. The van der Waals surface area contributed by atoms with E-state index in [-0.39, 0.29) is 0 Å². The fourth-order valence-corrected chi connectivity index (χ4v) is 2.15. The van der Waals surface area contributed by atoms with Crippen molar-refractivity contribution >= 4 is 17.7 Å². The van der Waals surface area contributed by atoms with Crippen LogP contribution in [-0.2, 0) is 0 Å². The predicted molar refractivity (Wildman–Crippen MR) is 77.5 cm³/mol. The van der Waals surface area contributed by atoms with Crippen molar-refractivity contribution in [3.05, 3.63) is 77.6 Å². The van der Waals surface area contributed by atoms with Crippen molar-refractivity contribution in [3.8, 4) is 0 Å². The molecule has 2 heterocycles. The summed E-state index contributed by atoms with van der Waals surface area (Å²) in [5.41, 5.74) is 5.03. The van der Waals surface area contributed by atoms with Crippen molar-refractivity contribution in [1.29, 1.82) is 0 Å². The first-order chi connectivity index (χ1) is 8.83. The fraction of sp³-hybridized carbons (Fsp3) is 0.0588. The third-order valence-corrected chi connectivity index (χ3v) is 3.13. The second-order valence-electron chi connectivity index (χ2n) is 4.50. The number of rotatable bonds is 2. The van der Waals surface area contributed by atoms with Gasteiger partial charge in [0.25, 0.3) is 0 Å². The van der Waals surface area contributed by atoms with Crippen LogP contribution in [-0.4, -0.2) is 4.40 Å². The largest absolute Gasteiger partial charge is 0.323 e. The summed E-state index contributed by atoms with van der Waals surface area (Å²) in [6, 6.07) is 16.8. The topological polar surface area (TPSA) is 4.41 Å². The van der Waals surface area contributed by atoms with Crippen LogP contribution in [0.2, 0.25) is 0 Å². The van der Waals surface area contributed by atoms with Crippen LogP contribution < -0.4 is 0 Å². The van der Waals surface area contributed by atoms with E-state index in [0.29, 0.717) is 0 Å². The molecule has 0 aliphatic rings. The quantitative estimate of drug-likeness (QED) is 0.617. The van der Waals surface area contributed by atoms with E-state index >= 15 is 0 Å². The Kier molecular flexibility index (Phi) is 2.73. The number of aromatic nitrogens is 1. The third kappa shape index (κ3) is 2.07. The molecule has 0 aliphatic carbocycles. The van der Waals surface area contributed by atoms with E-state index < -0.39 is 0 Å². The first-order valence-corrected chi connectivity index (χ1v) is 6.13. The van der Waals surface area contributed by atoms with Gasteiger partial charge < -0.3 is 4.40 Å². The predicted octanol–water partition coefficient (Wildman–Crippen LogP) is 4.42. The molecule has 0 bridgehead atoms. The Hall–Kier alpha value is -2.28. The summed E-state index contributed by atoms with van der Waals surface area (Å²) in [5, 5.41) is 0. The maximum absolute atomic E-state index is 2.22. The number of pyridine rings is 1. The molecule has 3 rings (SSSR count). The summed E-state index contributed by atoms with van der Waals surface area (Å²) < 4.78 is 2.17. The van der Waals surface area contributed by atoms with E-state index in [1.165, 1.54) is 22.2 Å². The Morgan fingerprint density at radius 3 is 2.44 bits per heavy atom. The average Bonchev–Trinajstić information content (AvgIpc) is 2.82. The van der Waals surface area contributed by atoms with Crippen molar-refractivity contribution in [1.82, 2.24) is 4.40 Å². The van der Waals surface area contributed by atoms with E-state index in [1.807, 2.05) is 6.07 Å². The van der Waals surface area contributed by atoms with Crippen LogP contribution in [0.25, 0.3) is 17.7 Å². The zero-order valence-electron chi connectivity index (χ0n) is 10.4. The molecule has 1 nitrogen and oxygen atoms in total. The van der Waals surface area contributed by atoms with Crippen molar-refractivity contribution in [2.24, 2.45) is 0 Å². The molecule has 88 valence electrons. The SMILES string of the molecule is Cc1cccn2cc(/C=C/c3ccccc3)cc12. The Morgan fingerprint density at radius 1 is 0.889 bits per heavy atom. The van der Waals surface area contributed by atoms with E-state index in [2.05, 4.69) is 78.3 Å². The minimum atomic E-state index is 1.23. The molecule has 3 aromatic rings. The molecule has 0 aliphatic heterocycles. The van der Waals surface area contributed by atoms with Gasteiger partial charge in [-0.1, -0.05) is 48.6 Å². The van der Waals surface area contributed by atoms with Crippen LogP contribution in [0.3, 0.4) is 0 Å². The van der Waals surface area contributed by atoms with Crippen molar-refractivity contribution in [2.75, 3.05) is 0 Å². The second-order valence-corrected chi connectivity index (χ2v) is 4.50. The molecule has 0 unspecified atom stereocenters. The van der Waals surface area contributed by atoms with Gasteiger partial charge in [0.05, 0.1) is 0 Å². The van der Waals surface area contributed by atoms with E-state index in [4.69, 9.17) is 0 Å². The lowest BCUT2D eigenvalue weighted by Gasteiger charge is -1.95. The van der Waals surface area contributed by atoms with Crippen LogP contribution in [0.5, 0.6) is 0 Å². The summed E-state index contributed by atoms with van der Waals surface area (Å²) in [5.74, 6) is 0. The van der Waals surface area contributed by atoms with Crippen LogP contribution in [0, 0.1) is 6.92 Å². The monoisotopic (exact) mass is 233 g/mol. The highest BCUT2D eigenvalue weighted by Gasteiger charge is 1.98. The van der Waals surface area contributed by atoms with Gasteiger partial charge in [-0.2, -0.15) is 0 Å². The standard InChI is InChI=1S/C17H15N/c1-14-6-5-11-18-13-16(12-17(14)18)10-9-15-7-3-2-4-8-15/h2-13H,1H3/b10-9+. The average molecular weight is 233 g/mol. The lowest BCUT2D eigenvalue weighted by molar-refractivity contribution is 1.18. The summed E-state index contributed by atoms with van der Waals surface area (Å²) in [6.07, 6.45) is 8.54. The minimum absolute atomic E-state index is 1.23. The fourth-order valence-electron chi connectivity index (χ4n) is 2.15. The van der Waals surface area contributed by atoms with Gasteiger partial charge in [0.1, 0.15) is 0 Å². The van der Waals surface area contributed by atoms with Gasteiger partial charge in [0.15, 0.2) is 0 Å². The number of aryl methyl sites for hydroxylation is 1. The maximum atomic E-state index is 2.22. The highest BCUT2D eigenvalue weighted by atomic mass is 14.9. The van der Waals surface area contributed by atoms with E-state index in [9.17, 15) is 0 Å². The summed E-state index contributed by atoms with van der Waals surface area (Å²) in [4.78, 5) is 0. The molecule has 0 saturated carbocycles. The smallest absolute Gasteiger partial charge is 0.0485 e. The molecule has 1 aromatic carbocycles. The molecule has 0 N–H and O–H groups in total. The van der Waals surface area contributed by atoms with E-state index in [1.54, 1.807) is 0 Å². The number of hydrogen-bond acceptors (Lipinski definition) is 0. The van der Waals surface area contributed by atoms with E-state index in [0.717, 1.165) is 0 Å². The molecular weight excluding hydrogens is 218 g/mol. The molecule has 0 amide bonds. The Labute approximate surface area is 107 Å². The molecule has 0 saturated heterocycles. The summed E-state index contributed by atoms with van der Waals surface area (Å²) >= 11 is 0. The zero-order chi connectivity index (χ0) is 12.4. The van der Waals surface area contributed by atoms with Gasteiger partial charge in [0.2, 0.25) is 0 Å². The van der Waals surface area contributed by atoms with Gasteiger partial charge in [0, 0.05) is 17.9 Å². The van der Waals surface area contributed by atoms with Crippen LogP contribution in [0.4, 0.5) is 0 Å². The molecule has 2 aromatic heterocycles. The highest BCUT2D eigenvalue weighted by molar-refractivity contribution is 5.73. The molecule has 18 heavy (non-hydrogen) atoms. The first-order valence-electron chi connectivity index (χ1n) is 6.13. The number of hydrogen-bond donors (Lipinski definition) is 0. The maximum Gasteiger partial charge on any atom is 0.0485 e. The molecule has 0 fully saturated rings. The molecule has 0 atom stereocenters. The van der Waals surface area contributed by atoms with Gasteiger partial charge in [-0.15, -0.1) is 0 Å². The van der Waals surface area contributed by atoms with Crippen molar-refractivity contribution in [3.63, 3.8) is 0 Å². The Bertz CT molecular complexity index is 690. The van der Waals surface area contributed by atoms with Gasteiger partial charge >= 0.3 is 0 Å². The highest BCUT2D eigenvalue weighted by Crippen LogP contribution is 2.16. The molecule has 1 heteroatoms. The minimum Gasteiger partial charge on any atom is -0.323 e. The first kappa shape index (κ1) is 10.8. The van der Waals surface area contributed by atoms with Gasteiger partial charge in [-0.25, -0.2) is 0 Å². The van der Waals surface area contributed by atoms with Crippen molar-refractivity contribution < 1.29 is 0 Å². The lowest BCUT2D eigenvalue weighted by atomic mass is 10.2. The number of nitrogens with zero attached hydrogens (tertiary/aromatic N) is 1.